The Bertz CT molecular complexity index is 1440. The van der Waals surface area contributed by atoms with E-state index in [1.54, 1.807) is 31.7 Å². The van der Waals surface area contributed by atoms with E-state index >= 15 is 0 Å². The number of thioether (sulfide) groups is 1. The molecular weight excluding hydrogens is 714 g/mol. The van der Waals surface area contributed by atoms with Crippen molar-refractivity contribution >= 4 is 53.3 Å². The molecule has 4 amide bonds. The number of carboxylic acid groups (broad SMARTS) is 3. The van der Waals surface area contributed by atoms with Crippen molar-refractivity contribution in [1.29, 1.82) is 0 Å². The maximum atomic E-state index is 13.7. The third-order valence-electron chi connectivity index (χ3n) is 9.05. The Morgan fingerprint density at radius 1 is 0.774 bits per heavy atom. The largest absolute Gasteiger partial charge is 0.480 e. The van der Waals surface area contributed by atoms with Crippen LogP contribution in [0.1, 0.15) is 27.9 Å². The highest BCUT2D eigenvalue weighted by Gasteiger charge is 2.28. The minimum Gasteiger partial charge on any atom is -0.480 e. The number of nitrogens with zero attached hydrogens (tertiary/aromatic N) is 5. The molecule has 0 unspecified atom stereocenters. The number of carbonyl (C=O) groups excluding carboxylic acids is 4. The van der Waals surface area contributed by atoms with Gasteiger partial charge < -0.3 is 30.9 Å². The number of fused-ring (bicyclic) bond motifs is 1. The molecule has 1 aromatic rings. The maximum Gasteiger partial charge on any atom is 0.317 e. The van der Waals surface area contributed by atoms with Gasteiger partial charge in [0.1, 0.15) is 6.04 Å². The van der Waals surface area contributed by atoms with E-state index in [4.69, 9.17) is 5.84 Å². The summed E-state index contributed by atoms with van der Waals surface area (Å²) in [6.07, 6.45) is 2.59. The molecule has 19 nitrogen and oxygen atoms in total. The van der Waals surface area contributed by atoms with Crippen LogP contribution in [0.15, 0.2) is 18.2 Å². The molecule has 0 bridgehead atoms. The van der Waals surface area contributed by atoms with Crippen molar-refractivity contribution in [1.82, 2.24) is 40.6 Å². The van der Waals surface area contributed by atoms with E-state index < -0.39 is 41.7 Å². The number of carbonyl (C=O) groups is 7. The molecule has 1 saturated heterocycles. The van der Waals surface area contributed by atoms with Crippen molar-refractivity contribution in [3.63, 3.8) is 0 Å². The van der Waals surface area contributed by atoms with Crippen molar-refractivity contribution in [3.8, 4) is 0 Å². The van der Waals surface area contributed by atoms with Crippen LogP contribution in [0.2, 0.25) is 0 Å². The average Bonchev–Trinajstić information content (AvgIpc) is 3.11. The van der Waals surface area contributed by atoms with Gasteiger partial charge in [-0.1, -0.05) is 12.1 Å². The topological polar surface area (TPSA) is 258 Å². The second-order valence-electron chi connectivity index (χ2n) is 12.9. The first kappa shape index (κ1) is 43.1. The summed E-state index contributed by atoms with van der Waals surface area (Å²) in [6.45, 7) is 1.72. The Morgan fingerprint density at radius 2 is 1.28 bits per heavy atom. The first-order valence-corrected chi connectivity index (χ1v) is 18.7. The molecule has 0 saturated carbocycles. The number of nitrogens with two attached hydrogens (primary N) is 1. The third-order valence-corrected chi connectivity index (χ3v) is 9.69. The normalized spacial score (nSPS) is 17.4. The van der Waals surface area contributed by atoms with Gasteiger partial charge in [0.05, 0.1) is 32.7 Å². The van der Waals surface area contributed by atoms with Crippen molar-refractivity contribution in [2.75, 3.05) is 104 Å². The van der Waals surface area contributed by atoms with E-state index in [0.29, 0.717) is 43.8 Å². The molecule has 0 radical (unpaired) electrons. The highest BCUT2D eigenvalue weighted by molar-refractivity contribution is 7.98. The minimum atomic E-state index is -1.04. The fraction of sp³-hybridized carbons (Fsp3) is 0.606. The summed E-state index contributed by atoms with van der Waals surface area (Å²) < 4.78 is 0. The molecule has 0 aromatic heterocycles. The molecule has 0 spiro atoms. The van der Waals surface area contributed by atoms with E-state index in [2.05, 4.69) is 10.6 Å². The molecule has 1 aromatic carbocycles. The maximum absolute atomic E-state index is 13.7. The van der Waals surface area contributed by atoms with Gasteiger partial charge in [0.25, 0.3) is 11.8 Å². The van der Waals surface area contributed by atoms with E-state index in [1.807, 2.05) is 22.6 Å². The summed E-state index contributed by atoms with van der Waals surface area (Å²) in [6, 6.07) is 4.33. The molecule has 3 rings (SSSR count). The van der Waals surface area contributed by atoms with Crippen LogP contribution < -0.4 is 21.9 Å². The van der Waals surface area contributed by atoms with E-state index in [0.717, 1.165) is 11.1 Å². The number of nitrogens with one attached hydrogen (secondary N) is 3. The van der Waals surface area contributed by atoms with Crippen LogP contribution in [0.25, 0.3) is 0 Å². The average molecular weight is 766 g/mol. The molecule has 2 aliphatic rings. The SMILES string of the molecule is CSCC[C@H](NC(=O)c1cccc2c1CCN(C(=O)CN1CCN(CC(=O)O)CCN(CC(=O)O)CCN(CC(=O)O)CC1)C2)C(=O)NCC(=O)NN. The van der Waals surface area contributed by atoms with Gasteiger partial charge in [-0.2, -0.15) is 11.8 Å². The quantitative estimate of drug-likeness (QED) is 0.0503. The van der Waals surface area contributed by atoms with E-state index in [-0.39, 0.29) is 84.4 Å². The molecule has 2 aliphatic heterocycles. The molecule has 1 atom stereocenters. The number of hydrogen-bond donors (Lipinski definition) is 7. The first-order chi connectivity index (χ1) is 25.3. The Balaban J connectivity index is 1.72. The predicted molar refractivity (Wildman–Crippen MR) is 194 cm³/mol. The van der Waals surface area contributed by atoms with Crippen molar-refractivity contribution in [2.45, 2.75) is 25.4 Å². The summed E-state index contributed by atoms with van der Waals surface area (Å²) in [4.78, 5) is 94.8. The number of rotatable bonds is 16. The monoisotopic (exact) mass is 765 g/mol. The van der Waals surface area contributed by atoms with Gasteiger partial charge in [0.15, 0.2) is 0 Å². The molecule has 53 heavy (non-hydrogen) atoms. The van der Waals surface area contributed by atoms with Crippen molar-refractivity contribution in [3.05, 3.63) is 34.9 Å². The van der Waals surface area contributed by atoms with Crippen molar-refractivity contribution in [2.24, 2.45) is 5.84 Å². The number of aliphatic carboxylic acids is 3. The lowest BCUT2D eigenvalue weighted by molar-refractivity contribution is -0.140. The zero-order chi connectivity index (χ0) is 38.9. The highest BCUT2D eigenvalue weighted by atomic mass is 32.2. The highest BCUT2D eigenvalue weighted by Crippen LogP contribution is 2.23. The smallest absolute Gasteiger partial charge is 0.317 e. The Labute approximate surface area is 312 Å². The Hall–Kier alpha value is -4.34. The zero-order valence-electron chi connectivity index (χ0n) is 30.0. The Kier molecular flexibility index (Phi) is 17.9. The third kappa shape index (κ3) is 14.9. The standard InChI is InChI=1S/C33H51N9O10S/c1-53-16-6-26(33(52)35-17-27(43)37-34)36-32(51)25-4-2-3-23-18-42(7-5-24(23)25)28(44)19-38-8-10-39(20-29(45)46)12-14-41(22-31(49)50)15-13-40(11-9-38)21-30(47)48/h2-4,26H,5-22,34H2,1H3,(H,35,52)(H,36,51)(H,37,43)(H,45,46)(H,47,48)(H,49,50)/t26-/m0/s1. The summed E-state index contributed by atoms with van der Waals surface area (Å²) >= 11 is 1.51. The fourth-order valence-electron chi connectivity index (χ4n) is 6.19. The van der Waals surface area contributed by atoms with Gasteiger partial charge in [-0.05, 0) is 42.0 Å². The zero-order valence-corrected chi connectivity index (χ0v) is 30.8. The van der Waals surface area contributed by atoms with E-state index in [1.165, 1.54) is 11.8 Å². The molecule has 1 fully saturated rings. The molecule has 8 N–H and O–H groups in total. The molecule has 2 heterocycles. The lowest BCUT2D eigenvalue weighted by atomic mass is 9.93. The second-order valence-corrected chi connectivity index (χ2v) is 13.9. The minimum absolute atomic E-state index is 0.00309. The number of amides is 4. The summed E-state index contributed by atoms with van der Waals surface area (Å²) in [5.74, 6) is 0.833. The number of hydrogen-bond acceptors (Lipinski definition) is 13. The van der Waals surface area contributed by atoms with Gasteiger partial charge in [0.2, 0.25) is 11.8 Å². The van der Waals surface area contributed by atoms with Gasteiger partial charge in [0, 0.05) is 71.0 Å². The van der Waals surface area contributed by atoms with Gasteiger partial charge in [-0.15, -0.1) is 0 Å². The first-order valence-electron chi connectivity index (χ1n) is 17.3. The van der Waals surface area contributed by atoms with Crippen LogP contribution in [0.3, 0.4) is 0 Å². The molecular formula is C33H51N9O10S. The van der Waals surface area contributed by atoms with Crippen LogP contribution in [-0.2, 0) is 41.7 Å². The molecule has 0 aliphatic carbocycles. The number of carboxylic acids is 3. The molecule has 294 valence electrons. The van der Waals surface area contributed by atoms with Crippen LogP contribution in [-0.4, -0.2) is 191 Å². The summed E-state index contributed by atoms with van der Waals surface area (Å²) in [7, 11) is 0. The Morgan fingerprint density at radius 3 is 1.75 bits per heavy atom. The lowest BCUT2D eigenvalue weighted by Gasteiger charge is -2.35. The second kappa shape index (κ2) is 22.0. The van der Waals surface area contributed by atoms with Crippen LogP contribution in [0, 0.1) is 0 Å². The molecule has 20 heteroatoms. The van der Waals surface area contributed by atoms with Gasteiger partial charge in [-0.3, -0.25) is 58.6 Å². The lowest BCUT2D eigenvalue weighted by Crippen LogP contribution is -2.50. The summed E-state index contributed by atoms with van der Waals surface area (Å²) in [5.41, 5.74) is 3.87. The predicted octanol–water partition coefficient (Wildman–Crippen LogP) is -3.00. The van der Waals surface area contributed by atoms with Crippen LogP contribution >= 0.6 is 11.8 Å². The van der Waals surface area contributed by atoms with Crippen molar-refractivity contribution < 1.29 is 48.9 Å². The van der Waals surface area contributed by atoms with Crippen LogP contribution in [0.5, 0.6) is 0 Å². The van der Waals surface area contributed by atoms with Gasteiger partial charge >= 0.3 is 17.9 Å². The van der Waals surface area contributed by atoms with Gasteiger partial charge in [-0.25, -0.2) is 5.84 Å². The van der Waals surface area contributed by atoms with Crippen LogP contribution in [0.4, 0.5) is 0 Å². The number of hydrazine groups is 1. The van der Waals surface area contributed by atoms with E-state index in [9.17, 15) is 48.9 Å². The number of benzene rings is 1. The fourth-order valence-corrected chi connectivity index (χ4v) is 6.66. The summed E-state index contributed by atoms with van der Waals surface area (Å²) in [5, 5.41) is 33.6.